The fourth-order valence-corrected chi connectivity index (χ4v) is 1.66. The Morgan fingerprint density at radius 1 is 0.667 bits per heavy atom. The Balaban J connectivity index is 2.98. The summed E-state index contributed by atoms with van der Waals surface area (Å²) in [4.78, 5) is 11.0. The van der Waals surface area contributed by atoms with Crippen LogP contribution in [0.2, 0.25) is 0 Å². The van der Waals surface area contributed by atoms with Gasteiger partial charge >= 0.3 is 0 Å². The van der Waals surface area contributed by atoms with Gasteiger partial charge in [-0.25, -0.2) is 0 Å². The van der Waals surface area contributed by atoms with Crippen molar-refractivity contribution in [1.29, 1.82) is 0 Å². The molecule has 21 heavy (non-hydrogen) atoms. The Hall–Kier alpha value is -0.730. The van der Waals surface area contributed by atoms with Crippen LogP contribution in [0.3, 0.4) is 0 Å². The van der Waals surface area contributed by atoms with Gasteiger partial charge in [-0.1, -0.05) is 6.92 Å². The monoisotopic (exact) mass is 302 g/mol. The van der Waals surface area contributed by atoms with Crippen molar-refractivity contribution in [2.45, 2.75) is 13.3 Å². The molecular formula is C14H34N6O. The molecule has 0 unspecified atom stereocenters. The van der Waals surface area contributed by atoms with Gasteiger partial charge in [0.25, 0.3) is 0 Å². The molecule has 6 N–H and O–H groups in total. The summed E-state index contributed by atoms with van der Waals surface area (Å²) in [6.07, 6.45) is 0.555. The first-order valence-electron chi connectivity index (χ1n) is 8.05. The van der Waals surface area contributed by atoms with Crippen molar-refractivity contribution in [3.05, 3.63) is 0 Å². The molecule has 0 saturated carbocycles. The zero-order chi connectivity index (χ0) is 15.6. The molecule has 0 aromatic rings. The normalized spacial score (nSPS) is 10.8. The van der Waals surface area contributed by atoms with Crippen molar-refractivity contribution >= 4 is 5.91 Å². The smallest absolute Gasteiger partial charge is 0.219 e. The van der Waals surface area contributed by atoms with Crippen LogP contribution in [-0.2, 0) is 4.79 Å². The highest BCUT2D eigenvalue weighted by Gasteiger charge is 1.94. The van der Waals surface area contributed by atoms with E-state index in [1.54, 1.807) is 0 Å². The number of likely N-dealkylation sites (N-methyl/N-ethyl adjacent to an activating group) is 1. The van der Waals surface area contributed by atoms with Crippen LogP contribution in [0.5, 0.6) is 0 Å². The van der Waals surface area contributed by atoms with Gasteiger partial charge in [0.05, 0.1) is 0 Å². The summed E-state index contributed by atoms with van der Waals surface area (Å²) in [5.74, 6) is 0.112. The van der Waals surface area contributed by atoms with E-state index in [1.807, 2.05) is 14.0 Å². The molecule has 0 aromatic heterocycles. The summed E-state index contributed by atoms with van der Waals surface area (Å²) >= 11 is 0. The minimum absolute atomic E-state index is 0.112. The number of carbonyl (C=O) groups is 1. The van der Waals surface area contributed by atoms with Crippen LogP contribution in [0.4, 0.5) is 0 Å². The molecule has 0 bridgehead atoms. The largest absolute Gasteiger partial charge is 0.355 e. The second kappa shape index (κ2) is 17.3. The van der Waals surface area contributed by atoms with Crippen molar-refractivity contribution in [3.8, 4) is 0 Å². The topological polar surface area (TPSA) is 89.2 Å². The third-order valence-corrected chi connectivity index (χ3v) is 2.93. The van der Waals surface area contributed by atoms with Gasteiger partial charge in [-0.15, -0.1) is 0 Å². The van der Waals surface area contributed by atoms with E-state index < -0.39 is 0 Å². The summed E-state index contributed by atoms with van der Waals surface area (Å²) in [5, 5.41) is 19.3. The predicted octanol–water partition coefficient (Wildman–Crippen LogP) is -1.91. The molecule has 0 heterocycles. The second-order valence-electron chi connectivity index (χ2n) is 4.81. The van der Waals surface area contributed by atoms with E-state index in [2.05, 4.69) is 31.9 Å². The van der Waals surface area contributed by atoms with Gasteiger partial charge in [-0.3, -0.25) is 4.79 Å². The molecule has 7 heteroatoms. The van der Waals surface area contributed by atoms with Crippen LogP contribution >= 0.6 is 0 Å². The Morgan fingerprint density at radius 2 is 1.05 bits per heavy atom. The number of rotatable bonds is 16. The first-order valence-corrected chi connectivity index (χ1v) is 8.05. The summed E-state index contributed by atoms with van der Waals surface area (Å²) in [6.45, 7) is 11.3. The molecule has 0 saturated heterocycles. The van der Waals surface area contributed by atoms with Gasteiger partial charge in [0.1, 0.15) is 0 Å². The highest BCUT2D eigenvalue weighted by molar-refractivity contribution is 5.75. The summed E-state index contributed by atoms with van der Waals surface area (Å²) < 4.78 is 0. The van der Waals surface area contributed by atoms with Crippen molar-refractivity contribution in [2.24, 2.45) is 0 Å². The predicted molar refractivity (Wildman–Crippen MR) is 88.7 cm³/mol. The third-order valence-electron chi connectivity index (χ3n) is 2.93. The van der Waals surface area contributed by atoms with Crippen LogP contribution < -0.4 is 31.9 Å². The maximum atomic E-state index is 11.0. The molecule has 7 nitrogen and oxygen atoms in total. The van der Waals surface area contributed by atoms with Crippen LogP contribution in [-0.4, -0.2) is 78.4 Å². The van der Waals surface area contributed by atoms with Gasteiger partial charge in [0.15, 0.2) is 0 Å². The summed E-state index contributed by atoms with van der Waals surface area (Å²) in [5.41, 5.74) is 0. The number of hydrogen-bond donors (Lipinski definition) is 6. The fourth-order valence-electron chi connectivity index (χ4n) is 1.66. The first kappa shape index (κ1) is 20.3. The molecule has 0 atom stereocenters. The van der Waals surface area contributed by atoms with Crippen LogP contribution in [0, 0.1) is 0 Å². The molecule has 0 rings (SSSR count). The molecule has 0 aliphatic rings. The van der Waals surface area contributed by atoms with E-state index in [1.165, 1.54) is 0 Å². The van der Waals surface area contributed by atoms with Gasteiger partial charge in [-0.2, -0.15) is 0 Å². The maximum absolute atomic E-state index is 11.0. The average molecular weight is 302 g/mol. The summed E-state index contributed by atoms with van der Waals surface area (Å²) in [6, 6.07) is 0. The fraction of sp³-hybridized carbons (Fsp3) is 0.929. The Morgan fingerprint density at radius 3 is 1.43 bits per heavy atom. The molecule has 0 aromatic carbocycles. The molecule has 0 fully saturated rings. The zero-order valence-electron chi connectivity index (χ0n) is 13.7. The van der Waals surface area contributed by atoms with Crippen molar-refractivity contribution in [3.63, 3.8) is 0 Å². The van der Waals surface area contributed by atoms with Gasteiger partial charge in [0.2, 0.25) is 5.91 Å². The van der Waals surface area contributed by atoms with Crippen molar-refractivity contribution in [2.75, 3.05) is 72.5 Å². The molecule has 0 radical (unpaired) electrons. The lowest BCUT2D eigenvalue weighted by atomic mass is 10.4. The highest BCUT2D eigenvalue weighted by Crippen LogP contribution is 1.72. The van der Waals surface area contributed by atoms with Crippen molar-refractivity contribution in [1.82, 2.24) is 31.9 Å². The Bertz CT molecular complexity index is 228. The molecule has 0 aliphatic heterocycles. The maximum Gasteiger partial charge on any atom is 0.219 e. The van der Waals surface area contributed by atoms with E-state index >= 15 is 0 Å². The van der Waals surface area contributed by atoms with E-state index in [0.717, 1.165) is 58.9 Å². The van der Waals surface area contributed by atoms with E-state index in [4.69, 9.17) is 0 Å². The zero-order valence-corrected chi connectivity index (χ0v) is 13.7. The lowest BCUT2D eigenvalue weighted by Gasteiger charge is -2.09. The average Bonchev–Trinajstić information content (AvgIpc) is 2.50. The van der Waals surface area contributed by atoms with E-state index in [-0.39, 0.29) is 5.91 Å². The number of carbonyl (C=O) groups excluding carboxylic acids is 1. The minimum Gasteiger partial charge on any atom is -0.355 e. The van der Waals surface area contributed by atoms with E-state index in [9.17, 15) is 4.79 Å². The van der Waals surface area contributed by atoms with Gasteiger partial charge in [-0.05, 0) is 7.05 Å². The molecular weight excluding hydrogens is 268 g/mol. The van der Waals surface area contributed by atoms with E-state index in [0.29, 0.717) is 13.0 Å². The highest BCUT2D eigenvalue weighted by atomic mass is 16.1. The quantitative estimate of drug-likeness (QED) is 0.187. The number of hydrogen-bond acceptors (Lipinski definition) is 6. The number of nitrogens with one attached hydrogen (secondary N) is 6. The van der Waals surface area contributed by atoms with Crippen LogP contribution in [0.1, 0.15) is 13.3 Å². The van der Waals surface area contributed by atoms with Gasteiger partial charge < -0.3 is 31.9 Å². The minimum atomic E-state index is 0.112. The first-order chi connectivity index (χ1) is 10.3. The standard InChI is InChI=1S/C14H34N6O/c1-3-14(21)20-13-12-19-11-10-18-9-8-17-7-6-16-5-4-15-2/h15-19H,3-13H2,1-2H3,(H,20,21). The van der Waals surface area contributed by atoms with Crippen LogP contribution in [0.15, 0.2) is 0 Å². The number of amides is 1. The lowest BCUT2D eigenvalue weighted by molar-refractivity contribution is -0.120. The second-order valence-corrected chi connectivity index (χ2v) is 4.81. The SMILES string of the molecule is CCC(=O)NCCNCCNCCNCCNCCNC. The molecule has 126 valence electrons. The molecule has 0 aliphatic carbocycles. The summed E-state index contributed by atoms with van der Waals surface area (Å²) in [7, 11) is 1.96. The molecule has 1 amide bonds. The van der Waals surface area contributed by atoms with Gasteiger partial charge in [0, 0.05) is 71.9 Å². The van der Waals surface area contributed by atoms with Crippen LogP contribution in [0.25, 0.3) is 0 Å². The molecule has 0 spiro atoms. The Kier molecular flexibility index (Phi) is 16.7. The van der Waals surface area contributed by atoms with Crippen molar-refractivity contribution < 1.29 is 4.79 Å². The lowest BCUT2D eigenvalue weighted by Crippen LogP contribution is -2.37. The Labute approximate surface area is 129 Å². The third kappa shape index (κ3) is 17.2.